The molecule has 0 fully saturated rings. The topological polar surface area (TPSA) is 23.8 Å². The zero-order chi connectivity index (χ0) is 11.4. The minimum atomic E-state index is 0.480. The molecular formula is C15H13N. The number of hydrogen-bond acceptors (Lipinski definition) is 1. The van der Waals surface area contributed by atoms with Gasteiger partial charge in [0.05, 0.1) is 12.5 Å². The van der Waals surface area contributed by atoms with Crippen LogP contribution in [0.15, 0.2) is 48.5 Å². The lowest BCUT2D eigenvalue weighted by Crippen LogP contribution is -1.84. The van der Waals surface area contributed by atoms with Crippen LogP contribution in [0.1, 0.15) is 11.1 Å². The summed E-state index contributed by atoms with van der Waals surface area (Å²) in [6.07, 6.45) is 0.480. The Kier molecular flexibility index (Phi) is 3.03. The average molecular weight is 207 g/mol. The fourth-order valence-electron chi connectivity index (χ4n) is 1.79. The Labute approximate surface area is 96.0 Å². The second-order valence-corrected chi connectivity index (χ2v) is 3.85. The van der Waals surface area contributed by atoms with Gasteiger partial charge in [0, 0.05) is 0 Å². The summed E-state index contributed by atoms with van der Waals surface area (Å²) in [6.45, 7) is 2.11. The number of hydrogen-bond donors (Lipinski definition) is 0. The largest absolute Gasteiger partial charge is 0.198 e. The summed E-state index contributed by atoms with van der Waals surface area (Å²) in [5.41, 5.74) is 4.81. The molecule has 1 heteroatoms. The van der Waals surface area contributed by atoms with Crippen LogP contribution >= 0.6 is 0 Å². The van der Waals surface area contributed by atoms with E-state index in [2.05, 4.69) is 37.3 Å². The van der Waals surface area contributed by atoms with Gasteiger partial charge in [-0.1, -0.05) is 48.5 Å². The van der Waals surface area contributed by atoms with Gasteiger partial charge in [-0.05, 0) is 29.2 Å². The van der Waals surface area contributed by atoms with E-state index in [0.717, 1.165) is 5.56 Å². The van der Waals surface area contributed by atoms with Gasteiger partial charge in [0.15, 0.2) is 0 Å². The molecule has 2 rings (SSSR count). The zero-order valence-electron chi connectivity index (χ0n) is 9.27. The second kappa shape index (κ2) is 4.63. The molecule has 0 saturated carbocycles. The van der Waals surface area contributed by atoms with Crippen LogP contribution in [0.5, 0.6) is 0 Å². The molecule has 0 aliphatic carbocycles. The van der Waals surface area contributed by atoms with Gasteiger partial charge < -0.3 is 0 Å². The number of nitriles is 1. The van der Waals surface area contributed by atoms with Crippen molar-refractivity contribution in [3.05, 3.63) is 59.7 Å². The maximum atomic E-state index is 8.60. The monoisotopic (exact) mass is 207 g/mol. The Bertz CT molecular complexity index is 518. The van der Waals surface area contributed by atoms with Gasteiger partial charge >= 0.3 is 0 Å². The first-order valence-electron chi connectivity index (χ1n) is 5.33. The lowest BCUT2D eigenvalue weighted by Gasteiger charge is -2.05. The summed E-state index contributed by atoms with van der Waals surface area (Å²) < 4.78 is 0. The highest BCUT2D eigenvalue weighted by Gasteiger charge is 2.00. The highest BCUT2D eigenvalue weighted by atomic mass is 14.2. The minimum absolute atomic E-state index is 0.480. The highest BCUT2D eigenvalue weighted by Crippen LogP contribution is 2.23. The lowest BCUT2D eigenvalue weighted by molar-refractivity contribution is 1.26. The quantitative estimate of drug-likeness (QED) is 0.736. The van der Waals surface area contributed by atoms with Crippen molar-refractivity contribution >= 4 is 0 Å². The maximum absolute atomic E-state index is 8.60. The lowest BCUT2D eigenvalue weighted by atomic mass is 9.99. The molecule has 0 unspecified atom stereocenters. The summed E-state index contributed by atoms with van der Waals surface area (Å²) in [5, 5.41) is 8.60. The molecule has 0 saturated heterocycles. The van der Waals surface area contributed by atoms with Crippen LogP contribution in [0.25, 0.3) is 11.1 Å². The molecule has 0 bridgehead atoms. The molecule has 0 amide bonds. The Morgan fingerprint density at radius 2 is 1.69 bits per heavy atom. The van der Waals surface area contributed by atoms with Crippen LogP contribution in [0, 0.1) is 18.3 Å². The molecular weight excluding hydrogens is 194 g/mol. The summed E-state index contributed by atoms with van der Waals surface area (Å²) in [6, 6.07) is 18.7. The first-order valence-corrected chi connectivity index (χ1v) is 5.33. The van der Waals surface area contributed by atoms with Gasteiger partial charge in [0.1, 0.15) is 0 Å². The van der Waals surface area contributed by atoms with E-state index in [9.17, 15) is 0 Å². The molecule has 2 aromatic rings. The predicted octanol–water partition coefficient (Wildman–Crippen LogP) is 3.73. The maximum Gasteiger partial charge on any atom is 0.0669 e. The second-order valence-electron chi connectivity index (χ2n) is 3.85. The molecule has 0 aliphatic heterocycles. The number of rotatable bonds is 2. The Morgan fingerprint density at radius 3 is 2.31 bits per heavy atom. The van der Waals surface area contributed by atoms with Crippen molar-refractivity contribution in [1.29, 1.82) is 5.26 Å². The molecule has 0 radical (unpaired) electrons. The summed E-state index contributed by atoms with van der Waals surface area (Å²) >= 11 is 0. The summed E-state index contributed by atoms with van der Waals surface area (Å²) in [7, 11) is 0. The Hall–Kier alpha value is -2.07. The first kappa shape index (κ1) is 10.4. The smallest absolute Gasteiger partial charge is 0.0669 e. The van der Waals surface area contributed by atoms with E-state index in [0.29, 0.717) is 6.42 Å². The van der Waals surface area contributed by atoms with Crippen molar-refractivity contribution in [2.24, 2.45) is 0 Å². The van der Waals surface area contributed by atoms with Crippen molar-refractivity contribution in [1.82, 2.24) is 0 Å². The molecule has 0 aliphatic rings. The molecule has 0 spiro atoms. The van der Waals surface area contributed by atoms with E-state index in [1.165, 1.54) is 16.7 Å². The van der Waals surface area contributed by atoms with Gasteiger partial charge in [-0.2, -0.15) is 5.26 Å². The van der Waals surface area contributed by atoms with E-state index < -0.39 is 0 Å². The van der Waals surface area contributed by atoms with Gasteiger partial charge in [-0.25, -0.2) is 0 Å². The van der Waals surface area contributed by atoms with Crippen LogP contribution < -0.4 is 0 Å². The van der Waals surface area contributed by atoms with Gasteiger partial charge in [-0.15, -0.1) is 0 Å². The molecule has 1 nitrogen and oxygen atoms in total. The van der Waals surface area contributed by atoms with Crippen LogP contribution in [-0.2, 0) is 6.42 Å². The van der Waals surface area contributed by atoms with E-state index in [-0.39, 0.29) is 0 Å². The third-order valence-electron chi connectivity index (χ3n) is 2.69. The summed E-state index contributed by atoms with van der Waals surface area (Å²) in [4.78, 5) is 0. The van der Waals surface area contributed by atoms with Crippen LogP contribution in [-0.4, -0.2) is 0 Å². The van der Waals surface area contributed by atoms with E-state index in [1.54, 1.807) is 0 Å². The zero-order valence-corrected chi connectivity index (χ0v) is 9.27. The molecule has 0 heterocycles. The van der Waals surface area contributed by atoms with Crippen LogP contribution in [0.3, 0.4) is 0 Å². The summed E-state index contributed by atoms with van der Waals surface area (Å²) in [5.74, 6) is 0. The first-order chi connectivity index (χ1) is 7.81. The number of benzene rings is 2. The SMILES string of the molecule is Cc1ccccc1-c1ccc(CC#N)cc1. The normalized spacial score (nSPS) is 9.75. The minimum Gasteiger partial charge on any atom is -0.198 e. The molecule has 0 aromatic heterocycles. The molecule has 0 atom stereocenters. The molecule has 16 heavy (non-hydrogen) atoms. The average Bonchev–Trinajstić information content (AvgIpc) is 2.31. The van der Waals surface area contributed by atoms with E-state index >= 15 is 0 Å². The van der Waals surface area contributed by atoms with Crippen molar-refractivity contribution < 1.29 is 0 Å². The predicted molar refractivity (Wildman–Crippen MR) is 65.9 cm³/mol. The van der Waals surface area contributed by atoms with Crippen LogP contribution in [0.2, 0.25) is 0 Å². The number of nitrogens with zero attached hydrogens (tertiary/aromatic N) is 1. The van der Waals surface area contributed by atoms with E-state index in [4.69, 9.17) is 5.26 Å². The standard InChI is InChI=1S/C15H13N/c1-12-4-2-3-5-15(12)14-8-6-13(7-9-14)10-11-16/h2-9H,10H2,1H3. The number of aryl methyl sites for hydroxylation is 1. The molecule has 0 N–H and O–H groups in total. The van der Waals surface area contributed by atoms with Crippen LogP contribution in [0.4, 0.5) is 0 Å². The van der Waals surface area contributed by atoms with Gasteiger partial charge in [0.25, 0.3) is 0 Å². The van der Waals surface area contributed by atoms with Crippen molar-refractivity contribution in [2.75, 3.05) is 0 Å². The van der Waals surface area contributed by atoms with Crippen molar-refractivity contribution in [3.8, 4) is 17.2 Å². The van der Waals surface area contributed by atoms with Crippen molar-refractivity contribution in [3.63, 3.8) is 0 Å². The van der Waals surface area contributed by atoms with Gasteiger partial charge in [0.2, 0.25) is 0 Å². The fourth-order valence-corrected chi connectivity index (χ4v) is 1.79. The molecule has 2 aromatic carbocycles. The fraction of sp³-hybridized carbons (Fsp3) is 0.133. The third kappa shape index (κ3) is 2.12. The van der Waals surface area contributed by atoms with E-state index in [1.807, 2.05) is 24.3 Å². The molecule has 78 valence electrons. The Morgan fingerprint density at radius 1 is 1.00 bits per heavy atom. The third-order valence-corrected chi connectivity index (χ3v) is 2.69. The van der Waals surface area contributed by atoms with Gasteiger partial charge in [-0.3, -0.25) is 0 Å². The van der Waals surface area contributed by atoms with Crippen molar-refractivity contribution in [2.45, 2.75) is 13.3 Å². The highest BCUT2D eigenvalue weighted by molar-refractivity contribution is 5.67. The Balaban J connectivity index is 2.36.